The molecule has 1 fully saturated rings. The average molecular weight is 478 g/mol. The molecule has 0 spiro atoms. The number of phenols is 1. The highest BCUT2D eigenvalue weighted by Gasteiger charge is 2.31. The summed E-state index contributed by atoms with van der Waals surface area (Å²) >= 11 is 0. The molecular weight excluding hydrogens is 448 g/mol. The number of rotatable bonds is 7. The lowest BCUT2D eigenvalue weighted by atomic mass is 9.84. The minimum absolute atomic E-state index is 0.153. The van der Waals surface area contributed by atoms with Crippen LogP contribution in [0.2, 0.25) is 0 Å². The Hall–Kier alpha value is -3.38. The largest absolute Gasteiger partial charge is 0.508 e. The van der Waals surface area contributed by atoms with Crippen molar-refractivity contribution in [2.24, 2.45) is 5.92 Å². The van der Waals surface area contributed by atoms with Gasteiger partial charge in [-0.05, 0) is 78.6 Å². The van der Waals surface area contributed by atoms with E-state index in [9.17, 15) is 13.9 Å². The molecule has 6 heteroatoms. The molecular formula is C29H29F2NO3. The fraction of sp³-hybridized carbons (Fsp3) is 0.310. The maximum atomic E-state index is 14.3. The molecule has 0 radical (unpaired) electrons. The van der Waals surface area contributed by atoms with Crippen molar-refractivity contribution >= 4 is 11.1 Å². The lowest BCUT2D eigenvalue weighted by Gasteiger charge is -2.37. The van der Waals surface area contributed by atoms with Gasteiger partial charge in [-0.2, -0.15) is 0 Å². The third-order valence-electron chi connectivity index (χ3n) is 6.88. The van der Waals surface area contributed by atoms with Crippen molar-refractivity contribution in [3.8, 4) is 17.2 Å². The number of alkyl halides is 1. The standard InChI is InChI=1S/C29H29F2NO3/c1-18-3-6-22(31)13-25(18)28-19(2)26-14-23(33)7-10-27(26)35-29(28)21-4-8-24(9-5-21)34-12-11-32-16-20(15-30)17-32/h3-10,13-14,20,29,33H,11-12,15-17H2,1-2H3/t29-/m0/s1. The molecule has 0 amide bonds. The molecule has 35 heavy (non-hydrogen) atoms. The summed E-state index contributed by atoms with van der Waals surface area (Å²) in [5.41, 5.74) is 5.24. The minimum Gasteiger partial charge on any atom is -0.508 e. The summed E-state index contributed by atoms with van der Waals surface area (Å²) in [6.07, 6.45) is -0.444. The molecule has 2 heterocycles. The number of ether oxygens (including phenoxy) is 2. The summed E-state index contributed by atoms with van der Waals surface area (Å²) in [5, 5.41) is 10.1. The average Bonchev–Trinajstić information content (AvgIpc) is 2.83. The summed E-state index contributed by atoms with van der Waals surface area (Å²) in [4.78, 5) is 2.19. The van der Waals surface area contributed by atoms with Crippen LogP contribution in [-0.4, -0.2) is 42.9 Å². The van der Waals surface area contributed by atoms with Gasteiger partial charge in [0.1, 0.15) is 35.8 Å². The van der Waals surface area contributed by atoms with E-state index in [1.54, 1.807) is 30.3 Å². The topological polar surface area (TPSA) is 41.9 Å². The summed E-state index contributed by atoms with van der Waals surface area (Å²) in [7, 11) is 0. The quantitative estimate of drug-likeness (QED) is 0.441. The maximum Gasteiger partial charge on any atom is 0.150 e. The van der Waals surface area contributed by atoms with Crippen LogP contribution in [-0.2, 0) is 0 Å². The van der Waals surface area contributed by atoms with Gasteiger partial charge in [-0.1, -0.05) is 18.2 Å². The molecule has 182 valence electrons. The lowest BCUT2D eigenvalue weighted by molar-refractivity contribution is 0.0668. The normalized spacial score (nSPS) is 18.1. The molecule has 5 rings (SSSR count). The van der Waals surface area contributed by atoms with Gasteiger partial charge in [-0.25, -0.2) is 4.39 Å². The molecule has 1 saturated heterocycles. The first-order valence-corrected chi connectivity index (χ1v) is 11.9. The van der Waals surface area contributed by atoms with Crippen LogP contribution in [0.5, 0.6) is 17.2 Å². The van der Waals surface area contributed by atoms with Crippen LogP contribution in [0.3, 0.4) is 0 Å². The number of benzene rings is 3. The number of fused-ring (bicyclic) bond motifs is 1. The second-order valence-corrected chi connectivity index (χ2v) is 9.37. The molecule has 2 aliphatic heterocycles. The maximum absolute atomic E-state index is 14.3. The van der Waals surface area contributed by atoms with Gasteiger partial charge < -0.3 is 14.6 Å². The molecule has 0 bridgehead atoms. The highest BCUT2D eigenvalue weighted by molar-refractivity contribution is 5.96. The van der Waals surface area contributed by atoms with E-state index >= 15 is 0 Å². The summed E-state index contributed by atoms with van der Waals surface area (Å²) in [6.45, 7) is 6.60. The molecule has 0 aromatic heterocycles. The third-order valence-corrected chi connectivity index (χ3v) is 6.88. The van der Waals surface area contributed by atoms with Crippen molar-refractivity contribution < 1.29 is 23.4 Å². The van der Waals surface area contributed by atoms with Crippen molar-refractivity contribution in [1.82, 2.24) is 4.90 Å². The third kappa shape index (κ3) is 4.76. The van der Waals surface area contributed by atoms with Crippen molar-refractivity contribution in [1.29, 1.82) is 0 Å². The number of halogens is 2. The first kappa shape index (κ1) is 23.4. The second kappa shape index (κ2) is 9.70. The molecule has 4 nitrogen and oxygen atoms in total. The van der Waals surface area contributed by atoms with Crippen molar-refractivity contribution in [3.05, 3.63) is 88.7 Å². The Morgan fingerprint density at radius 1 is 1.00 bits per heavy atom. The van der Waals surface area contributed by atoms with Crippen LogP contribution in [0, 0.1) is 18.7 Å². The van der Waals surface area contributed by atoms with Crippen molar-refractivity contribution in [2.45, 2.75) is 20.0 Å². The zero-order valence-corrected chi connectivity index (χ0v) is 19.9. The van der Waals surface area contributed by atoms with Crippen LogP contribution in [0.4, 0.5) is 8.78 Å². The van der Waals surface area contributed by atoms with E-state index < -0.39 is 6.10 Å². The molecule has 2 aliphatic rings. The van der Waals surface area contributed by atoms with E-state index in [0.717, 1.165) is 58.8 Å². The molecule has 0 saturated carbocycles. The van der Waals surface area contributed by atoms with E-state index in [1.165, 1.54) is 6.07 Å². The summed E-state index contributed by atoms with van der Waals surface area (Å²) in [6, 6.07) is 17.6. The first-order valence-electron chi connectivity index (χ1n) is 11.9. The van der Waals surface area contributed by atoms with Crippen LogP contribution >= 0.6 is 0 Å². The molecule has 0 unspecified atom stereocenters. The van der Waals surface area contributed by atoms with Crippen molar-refractivity contribution in [2.75, 3.05) is 32.9 Å². The molecule has 3 aromatic carbocycles. The summed E-state index contributed by atoms with van der Waals surface area (Å²) < 4.78 is 39.2. The number of hydrogen-bond donors (Lipinski definition) is 1. The molecule has 1 N–H and O–H groups in total. The Kier molecular flexibility index (Phi) is 6.48. The van der Waals surface area contributed by atoms with E-state index in [2.05, 4.69) is 4.90 Å². The number of aromatic hydroxyl groups is 1. The van der Waals surface area contributed by atoms with Crippen LogP contribution in [0.1, 0.15) is 35.3 Å². The molecule has 0 aliphatic carbocycles. The van der Waals surface area contributed by atoms with Gasteiger partial charge in [-0.15, -0.1) is 0 Å². The smallest absolute Gasteiger partial charge is 0.150 e. The number of phenolic OH excluding ortho intramolecular Hbond substituents is 1. The Morgan fingerprint density at radius 3 is 2.51 bits per heavy atom. The first-order chi connectivity index (χ1) is 16.9. The van der Waals surface area contributed by atoms with E-state index in [4.69, 9.17) is 9.47 Å². The molecule has 3 aromatic rings. The van der Waals surface area contributed by atoms with Gasteiger partial charge >= 0.3 is 0 Å². The SMILES string of the molecule is CC1=C(c2cc(F)ccc2C)[C@H](c2ccc(OCCN3CC(CF)C3)cc2)Oc2ccc(O)cc21. The number of allylic oxidation sites excluding steroid dienone is 1. The van der Waals surface area contributed by atoms with Gasteiger partial charge in [0.15, 0.2) is 0 Å². The Balaban J connectivity index is 1.41. The van der Waals surface area contributed by atoms with E-state index in [-0.39, 0.29) is 24.2 Å². The predicted octanol–water partition coefficient (Wildman–Crippen LogP) is 6.18. The Morgan fingerprint density at radius 2 is 1.77 bits per heavy atom. The summed E-state index contributed by atoms with van der Waals surface area (Å²) in [5.74, 6) is 1.44. The van der Waals surface area contributed by atoms with Crippen LogP contribution < -0.4 is 9.47 Å². The lowest BCUT2D eigenvalue weighted by Crippen LogP contribution is -2.49. The fourth-order valence-electron chi connectivity index (χ4n) is 4.89. The van der Waals surface area contributed by atoms with Gasteiger partial charge in [0, 0.05) is 36.7 Å². The Bertz CT molecular complexity index is 1250. The second-order valence-electron chi connectivity index (χ2n) is 9.37. The van der Waals surface area contributed by atoms with Crippen LogP contribution in [0.15, 0.2) is 60.7 Å². The number of hydrogen-bond acceptors (Lipinski definition) is 4. The predicted molar refractivity (Wildman–Crippen MR) is 133 cm³/mol. The minimum atomic E-state index is -0.444. The zero-order chi connectivity index (χ0) is 24.5. The number of nitrogens with zero attached hydrogens (tertiary/aromatic N) is 1. The van der Waals surface area contributed by atoms with Gasteiger partial charge in [0.25, 0.3) is 0 Å². The Labute approximate surface area is 204 Å². The van der Waals surface area contributed by atoms with Gasteiger partial charge in [-0.3, -0.25) is 9.29 Å². The van der Waals surface area contributed by atoms with E-state index in [0.29, 0.717) is 12.4 Å². The number of aryl methyl sites for hydroxylation is 1. The zero-order valence-electron chi connectivity index (χ0n) is 19.9. The number of likely N-dealkylation sites (tertiary alicyclic amines) is 1. The van der Waals surface area contributed by atoms with Gasteiger partial charge in [0.2, 0.25) is 0 Å². The van der Waals surface area contributed by atoms with Crippen LogP contribution in [0.25, 0.3) is 11.1 Å². The highest BCUT2D eigenvalue weighted by Crippen LogP contribution is 2.48. The monoisotopic (exact) mass is 477 g/mol. The van der Waals surface area contributed by atoms with Crippen molar-refractivity contribution in [3.63, 3.8) is 0 Å². The van der Waals surface area contributed by atoms with E-state index in [1.807, 2.05) is 38.1 Å². The van der Waals surface area contributed by atoms with Gasteiger partial charge in [0.05, 0.1) is 6.67 Å². The highest BCUT2D eigenvalue weighted by atomic mass is 19.1. The molecule has 1 atom stereocenters. The fourth-order valence-corrected chi connectivity index (χ4v) is 4.89.